The number of phenols is 2. The number of amides is 4. The highest BCUT2D eigenvalue weighted by atomic mass is 16.3. The van der Waals surface area contributed by atoms with Crippen LogP contribution in [0.25, 0.3) is 0 Å². The van der Waals surface area contributed by atoms with Gasteiger partial charge in [-0.1, -0.05) is 129 Å². The fourth-order valence-corrected chi connectivity index (χ4v) is 6.31. The predicted octanol–water partition coefficient (Wildman–Crippen LogP) is 7.96. The van der Waals surface area contributed by atoms with Crippen LogP contribution in [0.2, 0.25) is 0 Å². The van der Waals surface area contributed by atoms with Gasteiger partial charge >= 0.3 is 0 Å². The minimum absolute atomic E-state index is 0.0600. The quantitative estimate of drug-likeness (QED) is 0.0512. The van der Waals surface area contributed by atoms with E-state index in [1.54, 1.807) is 31.2 Å². The average molecular weight is 695 g/mol. The molecule has 0 aromatic heterocycles. The second-order valence-electron chi connectivity index (χ2n) is 13.3. The molecule has 10 nitrogen and oxygen atoms in total. The maximum atomic E-state index is 13.5. The number of carbonyl (C=O) groups excluding carboxylic acids is 4. The molecule has 2 aromatic rings. The van der Waals surface area contributed by atoms with Crippen molar-refractivity contribution in [3.05, 3.63) is 58.7 Å². The SMILES string of the molecule is CCCCCCCc1cccc(C(=O)NNC(=O)C(CC)C(CCCCCC)C(=O)NNC(=O)c2cccc(CCCCCCC)c2O)c1O. The second-order valence-corrected chi connectivity index (χ2v) is 13.3. The van der Waals surface area contributed by atoms with E-state index in [0.717, 1.165) is 70.6 Å². The van der Waals surface area contributed by atoms with Gasteiger partial charge in [0.15, 0.2) is 0 Å². The molecule has 0 aliphatic carbocycles. The molecule has 2 aromatic carbocycles. The van der Waals surface area contributed by atoms with Crippen LogP contribution in [0.3, 0.4) is 0 Å². The third kappa shape index (κ3) is 14.0. The number of nitrogens with one attached hydrogen (secondary N) is 4. The maximum Gasteiger partial charge on any atom is 0.273 e. The second kappa shape index (κ2) is 24.1. The molecule has 6 N–H and O–H groups in total. The molecule has 0 bridgehead atoms. The van der Waals surface area contributed by atoms with E-state index in [0.29, 0.717) is 43.2 Å². The van der Waals surface area contributed by atoms with Gasteiger partial charge in [0, 0.05) is 0 Å². The largest absolute Gasteiger partial charge is 0.507 e. The topological polar surface area (TPSA) is 157 Å². The third-order valence-corrected chi connectivity index (χ3v) is 9.39. The zero-order chi connectivity index (χ0) is 36.7. The minimum atomic E-state index is -0.804. The summed E-state index contributed by atoms with van der Waals surface area (Å²) in [6, 6.07) is 10.0. The molecule has 0 aliphatic rings. The van der Waals surface area contributed by atoms with Crippen molar-refractivity contribution in [2.75, 3.05) is 0 Å². The van der Waals surface area contributed by atoms with Gasteiger partial charge in [-0.25, -0.2) is 0 Å². The Kier molecular flexibility index (Phi) is 20.3. The molecule has 0 aliphatic heterocycles. The van der Waals surface area contributed by atoms with Crippen molar-refractivity contribution in [2.45, 2.75) is 143 Å². The van der Waals surface area contributed by atoms with Crippen LogP contribution in [0.15, 0.2) is 36.4 Å². The Bertz CT molecular complexity index is 1350. The minimum Gasteiger partial charge on any atom is -0.507 e. The van der Waals surface area contributed by atoms with Crippen LogP contribution < -0.4 is 21.7 Å². The van der Waals surface area contributed by atoms with Crippen LogP contribution in [0.4, 0.5) is 0 Å². The van der Waals surface area contributed by atoms with Crippen molar-refractivity contribution >= 4 is 23.6 Å². The molecule has 0 heterocycles. The summed E-state index contributed by atoms with van der Waals surface area (Å²) in [5.74, 6) is -4.18. The van der Waals surface area contributed by atoms with Gasteiger partial charge in [-0.3, -0.25) is 40.9 Å². The molecule has 50 heavy (non-hydrogen) atoms. The van der Waals surface area contributed by atoms with Crippen molar-refractivity contribution in [3.63, 3.8) is 0 Å². The van der Waals surface area contributed by atoms with E-state index in [1.807, 2.05) is 0 Å². The Labute approximate surface area is 299 Å². The molecule has 0 spiro atoms. The number of carbonyl (C=O) groups is 4. The molecule has 2 rings (SSSR count). The zero-order valence-corrected chi connectivity index (χ0v) is 30.9. The van der Waals surface area contributed by atoms with Gasteiger partial charge < -0.3 is 10.2 Å². The summed E-state index contributed by atoms with van der Waals surface area (Å²) in [4.78, 5) is 53.0. The van der Waals surface area contributed by atoms with Crippen LogP contribution in [0.1, 0.15) is 162 Å². The smallest absolute Gasteiger partial charge is 0.273 e. The molecular weight excluding hydrogens is 632 g/mol. The summed E-state index contributed by atoms with van der Waals surface area (Å²) in [5.41, 5.74) is 11.3. The first-order chi connectivity index (χ1) is 24.2. The van der Waals surface area contributed by atoms with E-state index in [2.05, 4.69) is 42.5 Å². The van der Waals surface area contributed by atoms with Crippen LogP contribution in [-0.4, -0.2) is 33.8 Å². The summed E-state index contributed by atoms with van der Waals surface area (Å²) in [7, 11) is 0. The number of hydrogen-bond acceptors (Lipinski definition) is 6. The van der Waals surface area contributed by atoms with Crippen LogP contribution in [-0.2, 0) is 22.4 Å². The number of aromatic hydroxyl groups is 2. The highest BCUT2D eigenvalue weighted by molar-refractivity contribution is 5.99. The number of aryl methyl sites for hydroxylation is 2. The molecule has 0 radical (unpaired) electrons. The van der Waals surface area contributed by atoms with E-state index in [-0.39, 0.29) is 22.6 Å². The van der Waals surface area contributed by atoms with E-state index >= 15 is 0 Å². The van der Waals surface area contributed by atoms with Crippen molar-refractivity contribution in [1.29, 1.82) is 0 Å². The highest BCUT2D eigenvalue weighted by Crippen LogP contribution is 2.27. The van der Waals surface area contributed by atoms with E-state index in [9.17, 15) is 29.4 Å². The van der Waals surface area contributed by atoms with Crippen LogP contribution >= 0.6 is 0 Å². The van der Waals surface area contributed by atoms with Crippen LogP contribution in [0, 0.1) is 11.8 Å². The van der Waals surface area contributed by atoms with Gasteiger partial charge in [-0.05, 0) is 61.8 Å². The van der Waals surface area contributed by atoms with Crippen molar-refractivity contribution in [3.8, 4) is 11.5 Å². The van der Waals surface area contributed by atoms with Gasteiger partial charge in [0.25, 0.3) is 11.8 Å². The molecule has 0 saturated heterocycles. The number of rotatable bonds is 23. The number of unbranched alkanes of at least 4 members (excludes halogenated alkanes) is 11. The van der Waals surface area contributed by atoms with Crippen molar-refractivity contribution < 1.29 is 29.4 Å². The van der Waals surface area contributed by atoms with E-state index in [1.165, 1.54) is 25.0 Å². The van der Waals surface area contributed by atoms with E-state index in [4.69, 9.17) is 0 Å². The first-order valence-electron chi connectivity index (χ1n) is 19.0. The molecule has 2 unspecified atom stereocenters. The monoisotopic (exact) mass is 694 g/mol. The number of benzene rings is 2. The van der Waals surface area contributed by atoms with Gasteiger partial charge in [0.1, 0.15) is 11.5 Å². The number of phenolic OH excluding ortho intramolecular Hbond substituents is 2. The lowest BCUT2D eigenvalue weighted by atomic mass is 9.84. The first kappa shape index (κ1) is 42.1. The molecule has 10 heteroatoms. The maximum absolute atomic E-state index is 13.5. The van der Waals surface area contributed by atoms with Crippen molar-refractivity contribution in [1.82, 2.24) is 21.7 Å². The summed E-state index contributed by atoms with van der Waals surface area (Å²) in [6.07, 6.45) is 16.4. The van der Waals surface area contributed by atoms with Gasteiger partial charge in [0.05, 0.1) is 23.0 Å². The molecule has 0 saturated carbocycles. The Balaban J connectivity index is 2.07. The Morgan fingerprint density at radius 1 is 0.520 bits per heavy atom. The summed E-state index contributed by atoms with van der Waals surface area (Å²) in [6.45, 7) is 8.19. The molecule has 4 amide bonds. The molecule has 2 atom stereocenters. The third-order valence-electron chi connectivity index (χ3n) is 9.39. The lowest BCUT2D eigenvalue weighted by molar-refractivity contribution is -0.136. The Hall–Kier alpha value is -4.08. The Morgan fingerprint density at radius 2 is 0.920 bits per heavy atom. The molecular formula is C40H62N4O6. The highest BCUT2D eigenvalue weighted by Gasteiger charge is 2.33. The van der Waals surface area contributed by atoms with Gasteiger partial charge in [-0.15, -0.1) is 0 Å². The molecule has 278 valence electrons. The van der Waals surface area contributed by atoms with Crippen LogP contribution in [0.5, 0.6) is 11.5 Å². The van der Waals surface area contributed by atoms with Crippen molar-refractivity contribution in [2.24, 2.45) is 11.8 Å². The normalized spacial score (nSPS) is 12.2. The van der Waals surface area contributed by atoms with E-state index < -0.39 is 35.5 Å². The zero-order valence-electron chi connectivity index (χ0n) is 30.9. The fraction of sp³-hybridized carbons (Fsp3) is 0.600. The average Bonchev–Trinajstić information content (AvgIpc) is 3.11. The lowest BCUT2D eigenvalue weighted by Gasteiger charge is -2.25. The lowest BCUT2D eigenvalue weighted by Crippen LogP contribution is -2.51. The van der Waals surface area contributed by atoms with Gasteiger partial charge in [0.2, 0.25) is 11.8 Å². The summed E-state index contributed by atoms with van der Waals surface area (Å²) < 4.78 is 0. The first-order valence-corrected chi connectivity index (χ1v) is 19.0. The number of para-hydroxylation sites is 2. The Morgan fingerprint density at radius 3 is 1.34 bits per heavy atom. The summed E-state index contributed by atoms with van der Waals surface area (Å²) in [5, 5.41) is 21.6. The molecule has 0 fully saturated rings. The predicted molar refractivity (Wildman–Crippen MR) is 198 cm³/mol. The number of hydrazine groups is 2. The fourth-order valence-electron chi connectivity index (χ4n) is 6.31. The van der Waals surface area contributed by atoms with Gasteiger partial charge in [-0.2, -0.15) is 0 Å². The number of hydrogen-bond donors (Lipinski definition) is 6. The summed E-state index contributed by atoms with van der Waals surface area (Å²) >= 11 is 0. The standard InChI is InChI=1S/C40H62N4O6/c1-5-9-12-15-17-22-29-24-20-27-33(35(29)45)39(49)43-41-37(47)31(8-4)32(26-19-14-11-7-3)38(48)42-44-40(50)34-28-21-25-30(36(34)46)23-18-16-13-10-6-2/h20-21,24-25,27-28,31-32,45-46H,5-19,22-23,26H2,1-4H3,(H,41,47)(H,42,48)(H,43,49)(H,44,50).